The Morgan fingerprint density at radius 3 is 2.18 bits per heavy atom. The molecule has 0 aromatic heterocycles. The van der Waals surface area contributed by atoms with Crippen molar-refractivity contribution in [1.29, 1.82) is 0 Å². The van der Waals surface area contributed by atoms with Crippen molar-refractivity contribution in [3.8, 4) is 0 Å². The maximum absolute atomic E-state index is 12.2. The maximum Gasteiger partial charge on any atom is 0.194 e. The molecule has 0 spiro atoms. The Bertz CT molecular complexity index is 374. The van der Waals surface area contributed by atoms with E-state index in [2.05, 4.69) is 13.8 Å². The lowest BCUT2D eigenvalue weighted by Crippen LogP contribution is -2.35. The molecule has 2 nitrogen and oxygen atoms in total. The first kappa shape index (κ1) is 13.9. The van der Waals surface area contributed by atoms with Gasteiger partial charge in [-0.1, -0.05) is 38.1 Å². The highest BCUT2D eigenvalue weighted by atomic mass is 16.5. The van der Waals surface area contributed by atoms with E-state index in [0.717, 1.165) is 0 Å². The zero-order chi connectivity index (χ0) is 13.1. The standard InChI is InChI=1S/C15H22O2/c1-6-17-15(4,5)14(16)13-9-7-12(8-10-13)11(2)3/h7-11H,6H2,1-5H3. The summed E-state index contributed by atoms with van der Waals surface area (Å²) < 4.78 is 5.47. The molecule has 0 aliphatic carbocycles. The van der Waals surface area contributed by atoms with Gasteiger partial charge in [0.1, 0.15) is 5.60 Å². The molecular weight excluding hydrogens is 212 g/mol. The van der Waals surface area contributed by atoms with Crippen LogP contribution in [0.4, 0.5) is 0 Å². The van der Waals surface area contributed by atoms with Gasteiger partial charge in [0.15, 0.2) is 5.78 Å². The van der Waals surface area contributed by atoms with E-state index in [1.165, 1.54) is 5.56 Å². The summed E-state index contributed by atoms with van der Waals surface area (Å²) in [6.07, 6.45) is 0. The lowest BCUT2D eigenvalue weighted by Gasteiger charge is -2.23. The predicted octanol–water partition coefficient (Wildman–Crippen LogP) is 3.81. The second kappa shape index (κ2) is 5.46. The molecule has 94 valence electrons. The van der Waals surface area contributed by atoms with E-state index in [1.807, 2.05) is 45.0 Å². The lowest BCUT2D eigenvalue weighted by molar-refractivity contribution is 0.00126. The van der Waals surface area contributed by atoms with Crippen molar-refractivity contribution in [2.45, 2.75) is 46.1 Å². The minimum absolute atomic E-state index is 0.0367. The Morgan fingerprint density at radius 2 is 1.76 bits per heavy atom. The Balaban J connectivity index is 2.90. The summed E-state index contributed by atoms with van der Waals surface area (Å²) in [5.41, 5.74) is 1.22. The monoisotopic (exact) mass is 234 g/mol. The molecule has 0 fully saturated rings. The van der Waals surface area contributed by atoms with Crippen LogP contribution >= 0.6 is 0 Å². The van der Waals surface area contributed by atoms with Crippen LogP contribution in [0, 0.1) is 0 Å². The third kappa shape index (κ3) is 3.40. The predicted molar refractivity (Wildman–Crippen MR) is 70.6 cm³/mol. The lowest BCUT2D eigenvalue weighted by atomic mass is 9.94. The van der Waals surface area contributed by atoms with Crippen LogP contribution < -0.4 is 0 Å². The fraction of sp³-hybridized carbons (Fsp3) is 0.533. The van der Waals surface area contributed by atoms with Crippen LogP contribution in [0.1, 0.15) is 56.5 Å². The van der Waals surface area contributed by atoms with Crippen molar-refractivity contribution in [1.82, 2.24) is 0 Å². The van der Waals surface area contributed by atoms with Gasteiger partial charge in [-0.3, -0.25) is 4.79 Å². The number of hydrogen-bond donors (Lipinski definition) is 0. The van der Waals surface area contributed by atoms with Crippen LogP contribution in [0.15, 0.2) is 24.3 Å². The van der Waals surface area contributed by atoms with Crippen LogP contribution in [0.25, 0.3) is 0 Å². The first-order valence-corrected chi connectivity index (χ1v) is 6.17. The molecule has 0 saturated heterocycles. The molecule has 0 bridgehead atoms. The summed E-state index contributed by atoms with van der Waals surface area (Å²) in [4.78, 5) is 12.2. The van der Waals surface area contributed by atoms with E-state index >= 15 is 0 Å². The Hall–Kier alpha value is -1.15. The largest absolute Gasteiger partial charge is 0.368 e. The van der Waals surface area contributed by atoms with E-state index in [1.54, 1.807) is 0 Å². The average Bonchev–Trinajstić information content (AvgIpc) is 2.28. The highest BCUT2D eigenvalue weighted by Crippen LogP contribution is 2.20. The molecule has 1 rings (SSSR count). The zero-order valence-electron chi connectivity index (χ0n) is 11.4. The first-order valence-electron chi connectivity index (χ1n) is 6.17. The number of hydrogen-bond acceptors (Lipinski definition) is 2. The van der Waals surface area contributed by atoms with Gasteiger partial charge >= 0.3 is 0 Å². The summed E-state index contributed by atoms with van der Waals surface area (Å²) in [5.74, 6) is 0.522. The number of Topliss-reactive ketones (excluding diaryl/α,β-unsaturated/α-hetero) is 1. The highest BCUT2D eigenvalue weighted by Gasteiger charge is 2.28. The molecule has 2 heteroatoms. The number of ether oxygens (including phenoxy) is 1. The summed E-state index contributed by atoms with van der Waals surface area (Å²) in [5, 5.41) is 0. The summed E-state index contributed by atoms with van der Waals surface area (Å²) in [7, 11) is 0. The van der Waals surface area contributed by atoms with Crippen molar-refractivity contribution in [3.63, 3.8) is 0 Å². The normalized spacial score (nSPS) is 11.9. The van der Waals surface area contributed by atoms with Crippen molar-refractivity contribution in [2.24, 2.45) is 0 Å². The van der Waals surface area contributed by atoms with E-state index in [-0.39, 0.29) is 5.78 Å². The SMILES string of the molecule is CCOC(C)(C)C(=O)c1ccc(C(C)C)cc1. The fourth-order valence-electron chi connectivity index (χ4n) is 1.79. The third-order valence-electron chi connectivity index (χ3n) is 2.89. The number of ketones is 1. The van der Waals surface area contributed by atoms with Gasteiger partial charge in [-0.15, -0.1) is 0 Å². The van der Waals surface area contributed by atoms with Gasteiger partial charge in [0.2, 0.25) is 0 Å². The minimum Gasteiger partial charge on any atom is -0.368 e. The van der Waals surface area contributed by atoms with Crippen LogP contribution in [-0.4, -0.2) is 18.0 Å². The topological polar surface area (TPSA) is 26.3 Å². The number of benzene rings is 1. The van der Waals surface area contributed by atoms with Crippen LogP contribution in [0.3, 0.4) is 0 Å². The molecule has 0 aliphatic heterocycles. The summed E-state index contributed by atoms with van der Waals surface area (Å²) in [6, 6.07) is 7.80. The Morgan fingerprint density at radius 1 is 1.24 bits per heavy atom. The second-order valence-corrected chi connectivity index (χ2v) is 5.05. The number of rotatable bonds is 5. The Labute approximate surface area is 104 Å². The van der Waals surface area contributed by atoms with Crippen molar-refractivity contribution >= 4 is 5.78 Å². The molecular formula is C15H22O2. The quantitative estimate of drug-likeness (QED) is 0.724. The van der Waals surface area contributed by atoms with Crippen molar-refractivity contribution < 1.29 is 9.53 Å². The fourth-order valence-corrected chi connectivity index (χ4v) is 1.79. The Kier molecular flexibility index (Phi) is 4.47. The summed E-state index contributed by atoms with van der Waals surface area (Å²) >= 11 is 0. The van der Waals surface area contributed by atoms with Gasteiger partial charge < -0.3 is 4.74 Å². The van der Waals surface area contributed by atoms with Gasteiger partial charge in [-0.2, -0.15) is 0 Å². The minimum atomic E-state index is -0.742. The molecule has 0 unspecified atom stereocenters. The van der Waals surface area contributed by atoms with E-state index < -0.39 is 5.60 Å². The van der Waals surface area contributed by atoms with Gasteiger partial charge in [0, 0.05) is 12.2 Å². The first-order chi connectivity index (χ1) is 7.88. The molecule has 1 aromatic carbocycles. The molecule has 0 N–H and O–H groups in total. The molecule has 17 heavy (non-hydrogen) atoms. The van der Waals surface area contributed by atoms with Crippen molar-refractivity contribution in [3.05, 3.63) is 35.4 Å². The van der Waals surface area contributed by atoms with E-state index in [0.29, 0.717) is 18.1 Å². The van der Waals surface area contributed by atoms with E-state index in [4.69, 9.17) is 4.74 Å². The molecule has 0 aliphatic rings. The zero-order valence-corrected chi connectivity index (χ0v) is 11.4. The smallest absolute Gasteiger partial charge is 0.194 e. The second-order valence-electron chi connectivity index (χ2n) is 5.05. The van der Waals surface area contributed by atoms with Crippen LogP contribution in [0.2, 0.25) is 0 Å². The summed E-state index contributed by atoms with van der Waals surface area (Å²) in [6.45, 7) is 10.4. The van der Waals surface area contributed by atoms with Gasteiger partial charge in [0.05, 0.1) is 0 Å². The van der Waals surface area contributed by atoms with E-state index in [9.17, 15) is 4.79 Å². The number of carbonyl (C=O) groups excluding carboxylic acids is 1. The molecule has 0 heterocycles. The van der Waals surface area contributed by atoms with Crippen LogP contribution in [-0.2, 0) is 4.74 Å². The third-order valence-corrected chi connectivity index (χ3v) is 2.89. The van der Waals surface area contributed by atoms with Crippen LogP contribution in [0.5, 0.6) is 0 Å². The maximum atomic E-state index is 12.2. The number of carbonyl (C=O) groups is 1. The highest BCUT2D eigenvalue weighted by molar-refractivity contribution is 6.01. The molecule has 1 aromatic rings. The molecule has 0 atom stereocenters. The molecule has 0 amide bonds. The van der Waals surface area contributed by atoms with Gasteiger partial charge in [-0.25, -0.2) is 0 Å². The van der Waals surface area contributed by atoms with Gasteiger partial charge in [-0.05, 0) is 32.3 Å². The average molecular weight is 234 g/mol. The van der Waals surface area contributed by atoms with Crippen molar-refractivity contribution in [2.75, 3.05) is 6.61 Å². The van der Waals surface area contributed by atoms with Gasteiger partial charge in [0.25, 0.3) is 0 Å². The molecule has 0 radical (unpaired) electrons. The molecule has 0 saturated carbocycles.